The number of ketones is 2. The number of carbonyl (C=O) groups is 2. The second-order valence-corrected chi connectivity index (χ2v) is 13.7. The van der Waals surface area contributed by atoms with Crippen LogP contribution in [0.1, 0.15) is 70.4 Å². The third-order valence-electron chi connectivity index (χ3n) is 8.04. The number of methoxy groups -OCH3 is 1. The van der Waals surface area contributed by atoms with Crippen LogP contribution in [-0.2, 0) is 16.2 Å². The first kappa shape index (κ1) is 27.9. The zero-order valence-corrected chi connectivity index (χ0v) is 25.6. The highest BCUT2D eigenvalue weighted by molar-refractivity contribution is 14.1. The van der Waals surface area contributed by atoms with Gasteiger partial charge in [0.05, 0.1) is 10.7 Å². The van der Waals surface area contributed by atoms with Crippen molar-refractivity contribution < 1.29 is 23.5 Å². The van der Waals surface area contributed by atoms with Gasteiger partial charge in [-0.05, 0) is 81.7 Å². The summed E-state index contributed by atoms with van der Waals surface area (Å²) in [5.41, 5.74) is 4.76. The summed E-state index contributed by atoms with van der Waals surface area (Å²) in [6.45, 7) is 8.72. The van der Waals surface area contributed by atoms with Gasteiger partial charge in [-0.1, -0.05) is 39.8 Å². The quantitative estimate of drug-likeness (QED) is 0.320. The molecule has 5 rings (SSSR count). The minimum absolute atomic E-state index is 0.0997. The summed E-state index contributed by atoms with van der Waals surface area (Å²) in [6, 6.07) is 10.2. The van der Waals surface area contributed by atoms with E-state index >= 15 is 0 Å². The van der Waals surface area contributed by atoms with Gasteiger partial charge >= 0.3 is 0 Å². The Kier molecular flexibility index (Phi) is 7.19. The van der Waals surface area contributed by atoms with Gasteiger partial charge in [0.25, 0.3) is 0 Å². The zero-order chi connectivity index (χ0) is 28.3. The van der Waals surface area contributed by atoms with Crippen LogP contribution < -0.4 is 9.47 Å². The van der Waals surface area contributed by atoms with E-state index in [1.165, 1.54) is 12.1 Å². The van der Waals surface area contributed by atoms with Crippen LogP contribution in [0.3, 0.4) is 0 Å². The fourth-order valence-corrected chi connectivity index (χ4v) is 7.11. The second-order valence-electron chi connectivity index (χ2n) is 12.5. The summed E-state index contributed by atoms with van der Waals surface area (Å²) in [5, 5.41) is 0. The van der Waals surface area contributed by atoms with E-state index < -0.39 is 5.92 Å². The Morgan fingerprint density at radius 2 is 1.54 bits per heavy atom. The number of Topliss-reactive ketones (excluding diaryl/α,β-unsaturated/α-hetero) is 2. The number of allylic oxidation sites excluding steroid dienone is 4. The highest BCUT2D eigenvalue weighted by atomic mass is 127. The maximum atomic E-state index is 13.8. The summed E-state index contributed by atoms with van der Waals surface area (Å²) in [4.78, 5) is 29.7. The average molecular weight is 644 g/mol. The largest absolute Gasteiger partial charge is 0.493 e. The lowest BCUT2D eigenvalue weighted by molar-refractivity contribution is -0.119. The minimum Gasteiger partial charge on any atom is -0.493 e. The molecule has 0 bridgehead atoms. The third kappa shape index (κ3) is 5.26. The van der Waals surface area contributed by atoms with E-state index in [1.807, 2.05) is 25.2 Å². The van der Waals surface area contributed by atoms with Crippen molar-refractivity contribution in [2.45, 2.75) is 65.9 Å². The number of ether oxygens (including phenoxy) is 2. The number of nitrogens with zero attached hydrogens (tertiary/aromatic N) is 1. The molecule has 0 unspecified atom stereocenters. The van der Waals surface area contributed by atoms with Crippen molar-refractivity contribution in [2.24, 2.45) is 10.8 Å². The first-order valence-electron chi connectivity index (χ1n) is 13.3. The Hall–Kier alpha value is -2.68. The molecule has 7 heteroatoms. The van der Waals surface area contributed by atoms with Gasteiger partial charge < -0.3 is 14.4 Å². The standard InChI is InChI=1S/C32H35FINO4/c1-31(2)13-22-28(24(36)15-31)27(29-23(35(22)5)14-32(3,4)16-25(29)37)19-11-21(34)30(26(12-19)38-6)39-17-18-8-7-9-20(33)10-18/h7-12,27H,13-17H2,1-6H3. The molecule has 2 aromatic rings. The fraction of sp³-hybridized carbons (Fsp3) is 0.438. The van der Waals surface area contributed by atoms with Crippen molar-refractivity contribution in [3.63, 3.8) is 0 Å². The van der Waals surface area contributed by atoms with Gasteiger partial charge in [0.2, 0.25) is 0 Å². The van der Waals surface area contributed by atoms with Crippen LogP contribution in [0.2, 0.25) is 0 Å². The van der Waals surface area contributed by atoms with Gasteiger partial charge in [-0.2, -0.15) is 0 Å². The molecule has 0 N–H and O–H groups in total. The number of rotatable bonds is 5. The molecule has 3 aliphatic rings. The molecule has 0 amide bonds. The number of hydrogen-bond acceptors (Lipinski definition) is 5. The molecule has 0 spiro atoms. The summed E-state index contributed by atoms with van der Waals surface area (Å²) >= 11 is 2.21. The van der Waals surface area contributed by atoms with Crippen LogP contribution in [0.25, 0.3) is 0 Å². The molecule has 0 aromatic heterocycles. The Morgan fingerprint density at radius 3 is 2.08 bits per heavy atom. The van der Waals surface area contributed by atoms with E-state index in [4.69, 9.17) is 9.47 Å². The van der Waals surface area contributed by atoms with E-state index in [0.717, 1.165) is 44.5 Å². The smallest absolute Gasteiger partial charge is 0.174 e. The molecule has 39 heavy (non-hydrogen) atoms. The lowest BCUT2D eigenvalue weighted by atomic mass is 9.64. The fourth-order valence-electron chi connectivity index (χ4n) is 6.33. The van der Waals surface area contributed by atoms with Crippen molar-refractivity contribution in [3.8, 4) is 11.5 Å². The van der Waals surface area contributed by atoms with Crippen LogP contribution in [0.5, 0.6) is 11.5 Å². The number of carbonyl (C=O) groups excluding carboxylic acids is 2. The molecule has 1 heterocycles. The predicted octanol–water partition coefficient (Wildman–Crippen LogP) is 7.33. The molecular weight excluding hydrogens is 608 g/mol. The van der Waals surface area contributed by atoms with Gasteiger partial charge in [0, 0.05) is 48.3 Å². The molecule has 2 aromatic carbocycles. The summed E-state index contributed by atoms with van der Waals surface area (Å²) in [6.07, 6.45) is 2.44. The zero-order valence-electron chi connectivity index (χ0n) is 23.4. The predicted molar refractivity (Wildman–Crippen MR) is 157 cm³/mol. The van der Waals surface area contributed by atoms with Crippen molar-refractivity contribution >= 4 is 34.2 Å². The topological polar surface area (TPSA) is 55.8 Å². The monoisotopic (exact) mass is 643 g/mol. The van der Waals surface area contributed by atoms with Crippen molar-refractivity contribution in [1.29, 1.82) is 0 Å². The number of benzene rings is 2. The van der Waals surface area contributed by atoms with Crippen molar-refractivity contribution in [2.75, 3.05) is 14.2 Å². The third-order valence-corrected chi connectivity index (χ3v) is 8.84. The molecule has 206 valence electrons. The van der Waals surface area contributed by atoms with Gasteiger partial charge in [0.15, 0.2) is 23.1 Å². The second kappa shape index (κ2) is 10.1. The van der Waals surface area contributed by atoms with Crippen LogP contribution in [0, 0.1) is 20.2 Å². The van der Waals surface area contributed by atoms with Gasteiger partial charge in [0.1, 0.15) is 12.4 Å². The maximum Gasteiger partial charge on any atom is 0.174 e. The van der Waals surface area contributed by atoms with Gasteiger partial charge in [-0.3, -0.25) is 9.59 Å². The molecule has 0 radical (unpaired) electrons. The summed E-state index contributed by atoms with van der Waals surface area (Å²) < 4.78 is 26.4. The molecule has 2 aliphatic carbocycles. The molecular formula is C32H35FINO4. The SMILES string of the molecule is COc1cc(C2C3=C(CC(C)(C)CC3=O)N(C)C3=C2C(=O)CC(C)(C)C3)cc(I)c1OCc1cccc(F)c1. The average Bonchev–Trinajstić information content (AvgIpc) is 2.83. The van der Waals surface area contributed by atoms with Crippen molar-refractivity contribution in [3.05, 3.63) is 79.5 Å². The highest BCUT2D eigenvalue weighted by Gasteiger charge is 2.48. The van der Waals surface area contributed by atoms with E-state index in [2.05, 4.69) is 55.2 Å². The molecule has 0 fully saturated rings. The maximum absolute atomic E-state index is 13.8. The van der Waals surface area contributed by atoms with Crippen molar-refractivity contribution in [1.82, 2.24) is 4.90 Å². The van der Waals surface area contributed by atoms with E-state index in [1.54, 1.807) is 13.2 Å². The van der Waals surface area contributed by atoms with E-state index in [9.17, 15) is 14.0 Å². The highest BCUT2D eigenvalue weighted by Crippen LogP contribution is 2.54. The van der Waals surface area contributed by atoms with Crippen LogP contribution in [0.15, 0.2) is 58.9 Å². The van der Waals surface area contributed by atoms with E-state index in [-0.39, 0.29) is 34.8 Å². The minimum atomic E-state index is -0.446. The van der Waals surface area contributed by atoms with Crippen LogP contribution >= 0.6 is 22.6 Å². The van der Waals surface area contributed by atoms with Gasteiger partial charge in [-0.15, -0.1) is 0 Å². The summed E-state index contributed by atoms with van der Waals surface area (Å²) in [5.74, 6) is 0.506. The molecule has 0 saturated heterocycles. The van der Waals surface area contributed by atoms with Gasteiger partial charge in [-0.25, -0.2) is 4.39 Å². The lowest BCUT2D eigenvalue weighted by Crippen LogP contribution is -2.43. The Morgan fingerprint density at radius 1 is 0.949 bits per heavy atom. The van der Waals surface area contributed by atoms with Crippen LogP contribution in [-0.4, -0.2) is 30.6 Å². The first-order chi connectivity index (χ1) is 18.3. The van der Waals surface area contributed by atoms with E-state index in [0.29, 0.717) is 29.9 Å². The molecule has 1 aliphatic heterocycles. The summed E-state index contributed by atoms with van der Waals surface area (Å²) in [7, 11) is 3.59. The Bertz CT molecular complexity index is 1380. The Balaban J connectivity index is 1.63. The first-order valence-corrected chi connectivity index (χ1v) is 14.4. The normalized spacial score (nSPS) is 20.7. The Labute approximate surface area is 243 Å². The number of halogens is 2. The number of hydrogen-bond donors (Lipinski definition) is 0. The molecule has 0 atom stereocenters. The molecule has 0 saturated carbocycles. The lowest BCUT2D eigenvalue weighted by Gasteiger charge is -2.48. The molecule has 5 nitrogen and oxygen atoms in total. The van der Waals surface area contributed by atoms with Crippen LogP contribution in [0.4, 0.5) is 4.39 Å².